The van der Waals surface area contributed by atoms with Gasteiger partial charge in [0.1, 0.15) is 29.4 Å². The summed E-state index contributed by atoms with van der Waals surface area (Å²) in [6.45, 7) is 14.5. The van der Waals surface area contributed by atoms with Gasteiger partial charge in [0.2, 0.25) is 23.6 Å². The minimum absolute atomic E-state index is 0.0219. The highest BCUT2D eigenvalue weighted by Gasteiger charge is 2.59. The van der Waals surface area contributed by atoms with Crippen molar-refractivity contribution in [2.24, 2.45) is 27.1 Å². The van der Waals surface area contributed by atoms with Gasteiger partial charge in [-0.15, -0.1) is 0 Å². The van der Waals surface area contributed by atoms with Crippen LogP contribution in [-0.4, -0.2) is 178 Å². The van der Waals surface area contributed by atoms with E-state index in [0.29, 0.717) is 78.6 Å². The fraction of sp³-hybridized carbons (Fsp3) is 0.429. The molecule has 0 bridgehead atoms. The van der Waals surface area contributed by atoms with Gasteiger partial charge in [-0.2, -0.15) is 20.4 Å². The van der Waals surface area contributed by atoms with Gasteiger partial charge in [-0.1, -0.05) is 167 Å². The van der Waals surface area contributed by atoms with E-state index in [1.807, 2.05) is 170 Å². The number of hydrogen-bond acceptors (Lipinski definition) is 13. The number of hydrogen-bond donors (Lipinski definition) is 0. The zero-order valence-corrected chi connectivity index (χ0v) is 79.7. The Bertz CT molecular complexity index is 6540. The van der Waals surface area contributed by atoms with Crippen molar-refractivity contribution in [1.29, 1.82) is 0 Å². The maximum absolute atomic E-state index is 15.3. The largest absolute Gasteiger partial charge is 0.378 e. The molecule has 8 aromatic carbocycles. The minimum atomic E-state index is -0.770. The van der Waals surface area contributed by atoms with Gasteiger partial charge in [0.15, 0.2) is 0 Å². The van der Waals surface area contributed by atoms with Crippen LogP contribution in [0.15, 0.2) is 219 Å². The molecular formula is C112H123F5N16O5. The van der Waals surface area contributed by atoms with Gasteiger partial charge in [-0.3, -0.25) is 57.5 Å². The molecule has 3 aliphatic carbocycles. The standard InChI is InChI=1S/C29H32F2N4O.C29H33FN4O.C28H31FN4O.C26H27FN4O2/c1-33-18-22(17-32-33)20-10-11-21(25(31)16-20)19-35-26-8-4-2-6-23(26)29(28(35)36)12-14-34(15-13-29)27-9-5-3-7-24(27)30;1-2-14-33-18-23(17-31-33)21-11-12-22(26(30)16-21)19-34-27-10-6-5-9-25(27)29(28(34)35)13-15-32(20-29)24-7-3-4-8-24;1-19-6-5-9-25(19)32-13-12-28(18-32)23-7-3-4-8-26(23)33(27(28)34)17-21-11-10-20(14-24(21)29)22-15-30-31(2)16-22;1-29-14-20(13-28-29)18-6-7-19(23(27)12-18)15-31-24-5-3-2-4-22(24)26(25(31)32)8-10-30(11-9-26)21-16-33-17-21/h2,4,6,8,10-11,16-18,24,27H,3,5,7,9,12-15,19H2,1H3;5-6,9-12,16-18,24H,2-4,7-8,13-15,19-20H2,1H3;3-4,7-8,10-11,14-16,19,25H,5-6,9,12-13,17-18H2,1-2H3;2-7,12-14,21H,8-11,15-17H2,1H3. The number of amides is 4. The van der Waals surface area contributed by atoms with E-state index in [2.05, 4.69) is 72.0 Å². The predicted octanol–water partition coefficient (Wildman–Crippen LogP) is 19.3. The lowest BCUT2D eigenvalue weighted by molar-refractivity contribution is -0.127. The second-order valence-electron chi connectivity index (χ2n) is 40.9. The number of benzene rings is 8. The summed E-state index contributed by atoms with van der Waals surface area (Å²) in [5.74, 6) is -0.127. The molecule has 24 rings (SSSR count). The molecule has 3 saturated carbocycles. The normalized spacial score (nSPS) is 23.4. The zero-order chi connectivity index (χ0) is 94.9. The molecule has 12 aromatic rings. The van der Waals surface area contributed by atoms with E-state index < -0.39 is 27.8 Å². The third-order valence-corrected chi connectivity index (χ3v) is 32.8. The average molecular weight is 1870 g/mol. The molecule has 0 radical (unpaired) electrons. The highest BCUT2D eigenvalue weighted by Crippen LogP contribution is 2.55. The van der Waals surface area contributed by atoms with Gasteiger partial charge < -0.3 is 24.3 Å². The molecule has 138 heavy (non-hydrogen) atoms. The Morgan fingerprint density at radius 3 is 1.07 bits per heavy atom. The molecule has 4 amide bonds. The third kappa shape index (κ3) is 17.1. The van der Waals surface area contributed by atoms with E-state index in [-0.39, 0.29) is 79.1 Å². The number of rotatable bonds is 18. The highest BCUT2D eigenvalue weighted by atomic mass is 19.1. The molecule has 4 aromatic heterocycles. The Morgan fingerprint density at radius 1 is 0.355 bits per heavy atom. The maximum Gasteiger partial charge on any atom is 0.239 e. The SMILES string of the molecule is CC1CCCC1N1CCC2(C1)C(=O)N(Cc1ccc(-c3cnn(C)c3)cc1F)c1ccccc12.CCCn1cc(-c2ccc(CN3C(=O)C4(CCN(C5CCCC5)C4)c4ccccc43)c(F)c2)cn1.Cn1cc(-c2ccc(CN3C(=O)C4(CCN(C5CCCCC5F)CC4)c4ccccc43)c(F)c2)cn1.Cn1cc(-c2ccc(CN3C(=O)C4(CCN(C5COC5)CC4)c4ccccc43)c(F)c2)cn1. The zero-order valence-electron chi connectivity index (χ0n) is 79.7. The summed E-state index contributed by atoms with van der Waals surface area (Å²) in [4.78, 5) is 72.8. The fourth-order valence-electron chi connectivity index (χ4n) is 25.1. The molecule has 8 fully saturated rings. The van der Waals surface area contributed by atoms with Crippen LogP contribution in [0, 0.1) is 29.2 Å². The number of aryl methyl sites for hydroxylation is 4. The summed E-state index contributed by atoms with van der Waals surface area (Å²) in [5, 5.41) is 16.9. The number of ether oxygens (including phenoxy) is 1. The predicted molar refractivity (Wildman–Crippen MR) is 526 cm³/mol. The Balaban J connectivity index is 0.000000110. The molecule has 5 saturated heterocycles. The first kappa shape index (κ1) is 92.3. The van der Waals surface area contributed by atoms with Crippen molar-refractivity contribution < 1.29 is 45.9 Å². The van der Waals surface area contributed by atoms with Gasteiger partial charge in [0.05, 0.1) is 91.9 Å². The van der Waals surface area contributed by atoms with Gasteiger partial charge in [-0.25, -0.2) is 22.0 Å². The maximum atomic E-state index is 15.3. The van der Waals surface area contributed by atoms with Crippen LogP contribution in [0.2, 0.25) is 0 Å². The first-order chi connectivity index (χ1) is 67.1. The molecule has 716 valence electrons. The van der Waals surface area contributed by atoms with Gasteiger partial charge in [0, 0.05) is 151 Å². The van der Waals surface area contributed by atoms with E-state index in [4.69, 9.17) is 4.74 Å². The minimum Gasteiger partial charge on any atom is -0.378 e. The van der Waals surface area contributed by atoms with Crippen molar-refractivity contribution in [3.05, 3.63) is 287 Å². The van der Waals surface area contributed by atoms with Crippen LogP contribution < -0.4 is 19.6 Å². The summed E-state index contributed by atoms with van der Waals surface area (Å²) in [6.07, 6.45) is 31.8. The summed E-state index contributed by atoms with van der Waals surface area (Å²) in [7, 11) is 5.51. The van der Waals surface area contributed by atoms with Crippen LogP contribution in [0.4, 0.5) is 44.7 Å². The molecule has 4 spiro atoms. The lowest BCUT2D eigenvalue weighted by Crippen LogP contribution is -2.56. The van der Waals surface area contributed by atoms with Crippen LogP contribution in [-0.2, 0) is 99.4 Å². The fourth-order valence-corrected chi connectivity index (χ4v) is 25.1. The van der Waals surface area contributed by atoms with E-state index in [0.717, 1.165) is 200 Å². The van der Waals surface area contributed by atoms with E-state index in [1.54, 1.807) is 79.0 Å². The molecule has 0 N–H and O–H groups in total. The Morgan fingerprint density at radius 2 is 0.696 bits per heavy atom. The average Bonchev–Trinajstić information content (AvgIpc) is 1.56. The molecule has 26 heteroatoms. The van der Waals surface area contributed by atoms with Gasteiger partial charge >= 0.3 is 0 Å². The number of carbonyl (C=O) groups is 4. The summed E-state index contributed by atoms with van der Waals surface area (Å²) < 4.78 is 87.8. The topological polar surface area (TPSA) is 175 Å². The lowest BCUT2D eigenvalue weighted by atomic mass is 9.73. The highest BCUT2D eigenvalue weighted by molar-refractivity contribution is 6.11. The van der Waals surface area contributed by atoms with Crippen molar-refractivity contribution in [1.82, 2.24) is 58.7 Å². The molecule has 12 aliphatic rings. The number of nitrogens with zero attached hydrogens (tertiary/aromatic N) is 16. The van der Waals surface area contributed by atoms with Gasteiger partial charge in [0.25, 0.3) is 0 Å². The quantitative estimate of drug-likeness (QED) is 0.0743. The number of aromatic nitrogens is 8. The van der Waals surface area contributed by atoms with E-state index in [9.17, 15) is 23.6 Å². The summed E-state index contributed by atoms with van der Waals surface area (Å²) in [6, 6.07) is 54.9. The number of fused-ring (bicyclic) bond motifs is 8. The molecular weight excluding hydrogens is 1740 g/mol. The van der Waals surface area contributed by atoms with E-state index >= 15 is 17.6 Å². The van der Waals surface area contributed by atoms with Crippen molar-refractivity contribution >= 4 is 46.4 Å². The monoisotopic (exact) mass is 1870 g/mol. The number of para-hydroxylation sites is 4. The number of anilines is 4. The van der Waals surface area contributed by atoms with Crippen LogP contribution in [0.1, 0.15) is 174 Å². The number of piperidine rings is 2. The lowest BCUT2D eigenvalue weighted by Gasteiger charge is -2.44. The number of halogens is 5. The number of alkyl halides is 1. The van der Waals surface area contributed by atoms with Crippen molar-refractivity contribution in [2.75, 3.05) is 85.2 Å². The summed E-state index contributed by atoms with van der Waals surface area (Å²) in [5.41, 5.74) is 14.6. The van der Waals surface area contributed by atoms with Gasteiger partial charge in [-0.05, 0) is 222 Å². The van der Waals surface area contributed by atoms with E-state index in [1.165, 1.54) is 57.1 Å². The summed E-state index contributed by atoms with van der Waals surface area (Å²) >= 11 is 0. The van der Waals surface area contributed by atoms with Crippen molar-refractivity contribution in [3.8, 4) is 44.5 Å². The van der Waals surface area contributed by atoms with Crippen LogP contribution >= 0.6 is 0 Å². The van der Waals surface area contributed by atoms with Crippen LogP contribution in [0.3, 0.4) is 0 Å². The third-order valence-electron chi connectivity index (χ3n) is 32.8. The molecule has 9 aliphatic heterocycles. The number of carbonyl (C=O) groups excluding carboxylic acids is 4. The number of likely N-dealkylation sites (tertiary alicyclic amines) is 4. The van der Waals surface area contributed by atoms with Crippen LogP contribution in [0.5, 0.6) is 0 Å². The Labute approximate surface area is 804 Å². The van der Waals surface area contributed by atoms with Crippen molar-refractivity contribution in [2.45, 2.75) is 214 Å². The molecule has 21 nitrogen and oxygen atoms in total. The van der Waals surface area contributed by atoms with Crippen LogP contribution in [0.25, 0.3) is 44.5 Å². The molecule has 13 heterocycles. The van der Waals surface area contributed by atoms with Crippen molar-refractivity contribution in [3.63, 3.8) is 0 Å². The second-order valence-corrected chi connectivity index (χ2v) is 40.9. The second kappa shape index (κ2) is 38.3. The first-order valence-corrected chi connectivity index (χ1v) is 50.0. The molecule has 6 unspecified atom stereocenters. The Hall–Kier alpha value is -12.1. The smallest absolute Gasteiger partial charge is 0.239 e. The first-order valence-electron chi connectivity index (χ1n) is 50.0. The molecule has 6 atom stereocenters. The Kier molecular flexibility index (Phi) is 25.6.